The molecule has 0 atom stereocenters. The lowest BCUT2D eigenvalue weighted by molar-refractivity contribution is 0.102. The molecule has 2 rings (SSSR count). The zero-order valence-electron chi connectivity index (χ0n) is 8.46. The number of halogens is 1. The molecule has 0 spiro atoms. The number of alkyl halides is 1. The van der Waals surface area contributed by atoms with Crippen LogP contribution in [0.25, 0.3) is 10.8 Å². The van der Waals surface area contributed by atoms with Gasteiger partial charge in [-0.1, -0.05) is 51.7 Å². The third-order valence-corrected chi connectivity index (χ3v) is 2.95. The SMILES string of the molecule is Bc1ccc2cc(C(=O)CBr)ccc2c1. The van der Waals surface area contributed by atoms with Crippen molar-refractivity contribution < 1.29 is 4.79 Å². The summed E-state index contributed by atoms with van der Waals surface area (Å²) in [5.41, 5.74) is 2.00. The lowest BCUT2D eigenvalue weighted by Gasteiger charge is -2.02. The highest BCUT2D eigenvalue weighted by molar-refractivity contribution is 9.09. The number of rotatable bonds is 2. The van der Waals surface area contributed by atoms with Crippen LogP contribution in [0.1, 0.15) is 10.4 Å². The average Bonchev–Trinajstić information content (AvgIpc) is 2.27. The minimum atomic E-state index is 0.123. The predicted octanol–water partition coefficient (Wildman–Crippen LogP) is 1.68. The molecular formula is C12H10BBrO. The Balaban J connectivity index is 2.57. The molecule has 2 aromatic rings. The fourth-order valence-electron chi connectivity index (χ4n) is 1.62. The standard InChI is InChI=1S/C12H10BBrO/c13-11-4-3-8-5-10(12(15)7-14)2-1-9(8)6-11/h1-6H,7,13H2. The third kappa shape index (κ3) is 2.12. The molecular weight excluding hydrogens is 251 g/mol. The lowest BCUT2D eigenvalue weighted by Crippen LogP contribution is -2.02. The number of carbonyl (C=O) groups is 1. The van der Waals surface area contributed by atoms with Crippen molar-refractivity contribution in [2.75, 3.05) is 5.33 Å². The Morgan fingerprint density at radius 1 is 1.13 bits per heavy atom. The van der Waals surface area contributed by atoms with Crippen LogP contribution >= 0.6 is 15.9 Å². The molecule has 0 aromatic heterocycles. The van der Waals surface area contributed by atoms with Crippen LogP contribution in [-0.4, -0.2) is 19.0 Å². The fraction of sp³-hybridized carbons (Fsp3) is 0.0833. The van der Waals surface area contributed by atoms with Crippen molar-refractivity contribution in [1.82, 2.24) is 0 Å². The van der Waals surface area contributed by atoms with E-state index < -0.39 is 0 Å². The molecule has 1 nitrogen and oxygen atoms in total. The molecule has 0 saturated heterocycles. The van der Waals surface area contributed by atoms with Crippen LogP contribution in [0.15, 0.2) is 36.4 Å². The summed E-state index contributed by atoms with van der Waals surface area (Å²) in [7, 11) is 2.07. The van der Waals surface area contributed by atoms with Crippen LogP contribution in [0.5, 0.6) is 0 Å². The van der Waals surface area contributed by atoms with Gasteiger partial charge >= 0.3 is 0 Å². The summed E-state index contributed by atoms with van der Waals surface area (Å²) < 4.78 is 0. The van der Waals surface area contributed by atoms with Crippen LogP contribution in [0.3, 0.4) is 0 Å². The first-order valence-corrected chi connectivity index (χ1v) is 5.92. The Labute approximate surface area is 98.0 Å². The fourth-order valence-corrected chi connectivity index (χ4v) is 1.94. The van der Waals surface area contributed by atoms with Gasteiger partial charge in [0.1, 0.15) is 7.85 Å². The van der Waals surface area contributed by atoms with E-state index in [0.717, 1.165) is 10.9 Å². The summed E-state index contributed by atoms with van der Waals surface area (Å²) in [6.07, 6.45) is 0. The predicted molar refractivity (Wildman–Crippen MR) is 70.3 cm³/mol. The number of ketones is 1. The van der Waals surface area contributed by atoms with Crippen LogP contribution in [-0.2, 0) is 0 Å². The number of fused-ring (bicyclic) bond motifs is 1. The maximum Gasteiger partial charge on any atom is 0.173 e. The van der Waals surface area contributed by atoms with E-state index in [1.54, 1.807) is 0 Å². The lowest BCUT2D eigenvalue weighted by atomic mass is 9.93. The largest absolute Gasteiger partial charge is 0.293 e. The molecule has 3 heteroatoms. The molecule has 0 aliphatic rings. The van der Waals surface area contributed by atoms with Gasteiger partial charge in [0.15, 0.2) is 5.78 Å². The summed E-state index contributed by atoms with van der Waals surface area (Å²) in [5.74, 6) is 0.123. The van der Waals surface area contributed by atoms with E-state index in [1.807, 2.05) is 18.2 Å². The molecule has 0 amide bonds. The van der Waals surface area contributed by atoms with E-state index in [4.69, 9.17) is 0 Å². The van der Waals surface area contributed by atoms with E-state index in [9.17, 15) is 4.79 Å². The first kappa shape index (κ1) is 10.4. The van der Waals surface area contributed by atoms with Gasteiger partial charge in [0, 0.05) is 5.56 Å². The monoisotopic (exact) mass is 260 g/mol. The minimum absolute atomic E-state index is 0.123. The maximum atomic E-state index is 11.5. The van der Waals surface area contributed by atoms with Crippen molar-refractivity contribution in [2.45, 2.75) is 0 Å². The quantitative estimate of drug-likeness (QED) is 0.456. The van der Waals surface area contributed by atoms with E-state index in [2.05, 4.69) is 42.0 Å². The van der Waals surface area contributed by atoms with E-state index in [1.165, 1.54) is 10.8 Å². The number of hydrogen-bond donors (Lipinski definition) is 0. The number of hydrogen-bond acceptors (Lipinski definition) is 1. The van der Waals surface area contributed by atoms with E-state index >= 15 is 0 Å². The van der Waals surface area contributed by atoms with Gasteiger partial charge in [-0.15, -0.1) is 0 Å². The number of carbonyl (C=O) groups excluding carboxylic acids is 1. The highest BCUT2D eigenvalue weighted by Crippen LogP contribution is 2.15. The first-order valence-electron chi connectivity index (χ1n) is 4.80. The molecule has 2 aromatic carbocycles. The molecule has 0 heterocycles. The van der Waals surface area contributed by atoms with Gasteiger partial charge in [-0.25, -0.2) is 0 Å². The molecule has 0 radical (unpaired) electrons. The van der Waals surface area contributed by atoms with E-state index in [0.29, 0.717) is 5.33 Å². The van der Waals surface area contributed by atoms with Gasteiger partial charge in [-0.2, -0.15) is 0 Å². The Kier molecular flexibility index (Phi) is 2.92. The van der Waals surface area contributed by atoms with Gasteiger partial charge in [-0.3, -0.25) is 4.79 Å². The van der Waals surface area contributed by atoms with Crippen molar-refractivity contribution in [3.8, 4) is 0 Å². The van der Waals surface area contributed by atoms with Gasteiger partial charge in [0.2, 0.25) is 0 Å². The summed E-state index contributed by atoms with van der Waals surface area (Å²) in [4.78, 5) is 11.5. The Morgan fingerprint density at radius 2 is 1.80 bits per heavy atom. The highest BCUT2D eigenvalue weighted by atomic mass is 79.9. The summed E-state index contributed by atoms with van der Waals surface area (Å²) in [6.45, 7) is 0. The van der Waals surface area contributed by atoms with Gasteiger partial charge in [-0.05, 0) is 16.8 Å². The molecule has 0 aliphatic heterocycles. The second-order valence-corrected chi connectivity index (χ2v) is 4.18. The second-order valence-electron chi connectivity index (χ2n) is 3.62. The smallest absolute Gasteiger partial charge is 0.173 e. The van der Waals surface area contributed by atoms with Gasteiger partial charge in [0.05, 0.1) is 5.33 Å². The summed E-state index contributed by atoms with van der Waals surface area (Å²) in [6, 6.07) is 12.1. The Hall–Kier alpha value is -1.09. The van der Waals surface area contributed by atoms with Crippen molar-refractivity contribution >= 4 is 45.8 Å². The third-order valence-electron chi connectivity index (χ3n) is 2.44. The molecule has 0 N–H and O–H groups in total. The molecule has 0 fully saturated rings. The van der Waals surface area contributed by atoms with E-state index in [-0.39, 0.29) is 5.78 Å². The van der Waals surface area contributed by atoms with Crippen molar-refractivity contribution in [1.29, 1.82) is 0 Å². The topological polar surface area (TPSA) is 17.1 Å². The molecule has 74 valence electrons. The van der Waals surface area contributed by atoms with Crippen LogP contribution in [0.2, 0.25) is 0 Å². The van der Waals surface area contributed by atoms with Crippen molar-refractivity contribution in [3.05, 3.63) is 42.0 Å². The Bertz CT molecular complexity index is 522. The van der Waals surface area contributed by atoms with Crippen molar-refractivity contribution in [3.63, 3.8) is 0 Å². The van der Waals surface area contributed by atoms with Crippen LogP contribution in [0.4, 0.5) is 0 Å². The molecule has 15 heavy (non-hydrogen) atoms. The Morgan fingerprint density at radius 3 is 2.53 bits per heavy atom. The summed E-state index contributed by atoms with van der Waals surface area (Å²) in [5, 5.41) is 2.68. The maximum absolute atomic E-state index is 11.5. The normalized spacial score (nSPS) is 10.5. The number of benzene rings is 2. The van der Waals surface area contributed by atoms with Gasteiger partial charge in [0.25, 0.3) is 0 Å². The molecule has 0 unspecified atom stereocenters. The highest BCUT2D eigenvalue weighted by Gasteiger charge is 2.04. The van der Waals surface area contributed by atoms with Crippen LogP contribution in [0, 0.1) is 0 Å². The molecule has 0 bridgehead atoms. The molecule has 0 aliphatic carbocycles. The average molecular weight is 261 g/mol. The molecule has 0 saturated carbocycles. The minimum Gasteiger partial charge on any atom is -0.293 e. The zero-order chi connectivity index (χ0) is 10.8. The number of Topliss-reactive ketones (excluding diaryl/α,β-unsaturated/α-hetero) is 1. The summed E-state index contributed by atoms with van der Waals surface area (Å²) >= 11 is 3.18. The first-order chi connectivity index (χ1) is 7.20. The van der Waals surface area contributed by atoms with Gasteiger partial charge < -0.3 is 0 Å². The van der Waals surface area contributed by atoms with Crippen molar-refractivity contribution in [2.24, 2.45) is 0 Å². The second kappa shape index (κ2) is 4.19. The van der Waals surface area contributed by atoms with Crippen LogP contribution < -0.4 is 5.46 Å². The zero-order valence-corrected chi connectivity index (χ0v) is 10.0.